The Morgan fingerprint density at radius 3 is 2.27 bits per heavy atom. The zero-order valence-corrected chi connectivity index (χ0v) is 18.0. The molecule has 0 fully saturated rings. The Kier molecular flexibility index (Phi) is 6.98. The van der Waals surface area contributed by atoms with E-state index in [1.54, 1.807) is 36.4 Å². The van der Waals surface area contributed by atoms with Gasteiger partial charge in [0.15, 0.2) is 0 Å². The van der Waals surface area contributed by atoms with Crippen LogP contribution in [0.25, 0.3) is 0 Å². The minimum Gasteiger partial charge on any atom is -0.465 e. The van der Waals surface area contributed by atoms with E-state index in [9.17, 15) is 9.59 Å². The number of carbonyl (C=O) groups excluding carboxylic acids is 2. The minimum atomic E-state index is -0.543. The second kappa shape index (κ2) is 9.84. The molecule has 3 rings (SSSR count). The van der Waals surface area contributed by atoms with Crippen molar-refractivity contribution in [1.29, 1.82) is 0 Å². The number of oxime groups is 1. The molecular weight excluding hydrogens is 448 g/mol. The quantitative estimate of drug-likeness (QED) is 0.318. The van der Waals surface area contributed by atoms with Gasteiger partial charge in [0.05, 0.1) is 18.4 Å². The van der Waals surface area contributed by atoms with E-state index in [-0.39, 0.29) is 11.5 Å². The maximum absolute atomic E-state index is 12.9. The SMILES string of the molecule is CO/N=C(\c1ccccc1)c1cccc(C(=O)Nc2ccc(Br)cc2C(=O)OC)c1. The normalized spacial score (nSPS) is 11.0. The summed E-state index contributed by atoms with van der Waals surface area (Å²) < 4.78 is 5.51. The van der Waals surface area contributed by atoms with Crippen LogP contribution < -0.4 is 5.32 Å². The highest BCUT2D eigenvalue weighted by Crippen LogP contribution is 2.23. The fraction of sp³-hybridized carbons (Fsp3) is 0.0870. The first kappa shape index (κ1) is 21.3. The van der Waals surface area contributed by atoms with Gasteiger partial charge in [-0.25, -0.2) is 4.79 Å². The van der Waals surface area contributed by atoms with Gasteiger partial charge in [-0.3, -0.25) is 4.79 Å². The van der Waals surface area contributed by atoms with Crippen molar-refractivity contribution in [3.05, 3.63) is 99.5 Å². The number of anilines is 1. The topological polar surface area (TPSA) is 77.0 Å². The van der Waals surface area contributed by atoms with E-state index in [0.717, 1.165) is 11.1 Å². The van der Waals surface area contributed by atoms with Gasteiger partial charge in [0.2, 0.25) is 0 Å². The highest BCUT2D eigenvalue weighted by molar-refractivity contribution is 9.10. The predicted octanol–water partition coefficient (Wildman–Crippen LogP) is 4.89. The monoisotopic (exact) mass is 466 g/mol. The molecule has 0 bridgehead atoms. The lowest BCUT2D eigenvalue weighted by Gasteiger charge is -2.12. The summed E-state index contributed by atoms with van der Waals surface area (Å²) in [5.41, 5.74) is 3.20. The highest BCUT2D eigenvalue weighted by atomic mass is 79.9. The Bertz CT molecular complexity index is 1100. The maximum Gasteiger partial charge on any atom is 0.340 e. The van der Waals surface area contributed by atoms with Gasteiger partial charge in [-0.05, 0) is 30.3 Å². The van der Waals surface area contributed by atoms with Gasteiger partial charge in [0, 0.05) is 21.2 Å². The molecule has 0 heterocycles. The number of rotatable bonds is 6. The second-order valence-electron chi connectivity index (χ2n) is 6.20. The van der Waals surface area contributed by atoms with Crippen LogP contribution in [0.3, 0.4) is 0 Å². The average molecular weight is 467 g/mol. The average Bonchev–Trinajstić information content (AvgIpc) is 2.78. The first-order valence-corrected chi connectivity index (χ1v) is 9.79. The van der Waals surface area contributed by atoms with Gasteiger partial charge >= 0.3 is 5.97 Å². The fourth-order valence-corrected chi connectivity index (χ4v) is 3.23. The number of methoxy groups -OCH3 is 1. The van der Waals surface area contributed by atoms with Crippen molar-refractivity contribution in [2.75, 3.05) is 19.5 Å². The molecule has 1 amide bonds. The number of nitrogens with zero attached hydrogens (tertiary/aromatic N) is 1. The van der Waals surface area contributed by atoms with Crippen molar-refractivity contribution in [3.8, 4) is 0 Å². The van der Waals surface area contributed by atoms with Gasteiger partial charge in [-0.1, -0.05) is 63.6 Å². The smallest absolute Gasteiger partial charge is 0.340 e. The molecule has 7 heteroatoms. The summed E-state index contributed by atoms with van der Waals surface area (Å²) >= 11 is 3.32. The first-order valence-electron chi connectivity index (χ1n) is 8.99. The molecule has 0 aromatic heterocycles. The van der Waals surface area contributed by atoms with Gasteiger partial charge in [0.1, 0.15) is 12.8 Å². The van der Waals surface area contributed by atoms with E-state index in [0.29, 0.717) is 21.4 Å². The van der Waals surface area contributed by atoms with E-state index in [1.807, 2.05) is 36.4 Å². The third kappa shape index (κ3) is 4.93. The Hall–Kier alpha value is -3.45. The van der Waals surface area contributed by atoms with E-state index < -0.39 is 5.97 Å². The number of benzene rings is 3. The van der Waals surface area contributed by atoms with Gasteiger partial charge < -0.3 is 14.9 Å². The number of nitrogens with one attached hydrogen (secondary N) is 1. The van der Waals surface area contributed by atoms with Crippen molar-refractivity contribution in [1.82, 2.24) is 0 Å². The molecule has 0 unspecified atom stereocenters. The van der Waals surface area contributed by atoms with Crippen LogP contribution in [0.1, 0.15) is 31.8 Å². The van der Waals surface area contributed by atoms with Crippen LogP contribution in [0.2, 0.25) is 0 Å². The largest absolute Gasteiger partial charge is 0.465 e. The zero-order valence-electron chi connectivity index (χ0n) is 16.4. The lowest BCUT2D eigenvalue weighted by Crippen LogP contribution is -2.16. The zero-order chi connectivity index (χ0) is 21.5. The van der Waals surface area contributed by atoms with E-state index in [2.05, 4.69) is 26.4 Å². The number of ether oxygens (including phenoxy) is 1. The molecule has 0 saturated heterocycles. The predicted molar refractivity (Wildman–Crippen MR) is 119 cm³/mol. The Morgan fingerprint density at radius 2 is 1.57 bits per heavy atom. The number of halogens is 1. The molecule has 0 aliphatic rings. The number of amides is 1. The number of carbonyl (C=O) groups is 2. The Balaban J connectivity index is 1.92. The molecule has 0 aliphatic heterocycles. The lowest BCUT2D eigenvalue weighted by molar-refractivity contribution is 0.0602. The third-order valence-corrected chi connectivity index (χ3v) is 4.76. The minimum absolute atomic E-state index is 0.252. The number of hydrogen-bond acceptors (Lipinski definition) is 5. The molecule has 0 saturated carbocycles. The van der Waals surface area contributed by atoms with Crippen LogP contribution in [0.15, 0.2) is 82.4 Å². The molecule has 3 aromatic carbocycles. The Morgan fingerprint density at radius 1 is 0.867 bits per heavy atom. The van der Waals surface area contributed by atoms with Crippen LogP contribution in [0, 0.1) is 0 Å². The first-order chi connectivity index (χ1) is 14.5. The summed E-state index contributed by atoms with van der Waals surface area (Å²) in [6.45, 7) is 0. The van der Waals surface area contributed by atoms with Crippen molar-refractivity contribution >= 4 is 39.2 Å². The van der Waals surface area contributed by atoms with Crippen molar-refractivity contribution in [2.24, 2.45) is 5.16 Å². The molecule has 152 valence electrons. The molecule has 0 radical (unpaired) electrons. The van der Waals surface area contributed by atoms with Crippen molar-refractivity contribution in [3.63, 3.8) is 0 Å². The molecule has 6 nitrogen and oxygen atoms in total. The van der Waals surface area contributed by atoms with Gasteiger partial charge in [-0.2, -0.15) is 0 Å². The Labute approximate surface area is 182 Å². The molecule has 0 atom stereocenters. The maximum atomic E-state index is 12.9. The molecule has 0 aliphatic carbocycles. The summed E-state index contributed by atoms with van der Waals surface area (Å²) in [7, 11) is 2.76. The molecule has 1 N–H and O–H groups in total. The standard InChI is InChI=1S/C23H19BrN2O4/c1-29-23(28)19-14-18(24)11-12-20(19)25-22(27)17-10-6-9-16(13-17)21(26-30-2)15-7-4-3-5-8-15/h3-14H,1-2H3,(H,25,27)/b26-21+. The van der Waals surface area contributed by atoms with E-state index in [1.165, 1.54) is 14.2 Å². The summed E-state index contributed by atoms with van der Waals surface area (Å²) in [5, 5.41) is 6.90. The molecule has 3 aromatic rings. The third-order valence-electron chi connectivity index (χ3n) is 4.26. The second-order valence-corrected chi connectivity index (χ2v) is 7.12. The molecule has 0 spiro atoms. The van der Waals surface area contributed by atoms with E-state index in [4.69, 9.17) is 9.57 Å². The molecule has 30 heavy (non-hydrogen) atoms. The number of hydrogen-bond donors (Lipinski definition) is 1. The van der Waals surface area contributed by atoms with Gasteiger partial charge in [0.25, 0.3) is 5.91 Å². The van der Waals surface area contributed by atoms with Crippen LogP contribution in [-0.4, -0.2) is 31.8 Å². The van der Waals surface area contributed by atoms with Crippen LogP contribution in [0.5, 0.6) is 0 Å². The van der Waals surface area contributed by atoms with Crippen molar-refractivity contribution in [2.45, 2.75) is 0 Å². The summed E-state index contributed by atoms with van der Waals surface area (Å²) in [6.07, 6.45) is 0. The fourth-order valence-electron chi connectivity index (χ4n) is 2.87. The van der Waals surface area contributed by atoms with Crippen LogP contribution >= 0.6 is 15.9 Å². The lowest BCUT2D eigenvalue weighted by atomic mass is 10.0. The van der Waals surface area contributed by atoms with Crippen LogP contribution in [0.4, 0.5) is 5.69 Å². The van der Waals surface area contributed by atoms with E-state index >= 15 is 0 Å². The van der Waals surface area contributed by atoms with Crippen LogP contribution in [-0.2, 0) is 9.57 Å². The molecular formula is C23H19BrN2O4. The summed E-state index contributed by atoms with van der Waals surface area (Å²) in [5.74, 6) is -0.909. The van der Waals surface area contributed by atoms with Gasteiger partial charge in [-0.15, -0.1) is 0 Å². The number of esters is 1. The van der Waals surface area contributed by atoms with Crippen molar-refractivity contribution < 1.29 is 19.2 Å². The summed E-state index contributed by atoms with van der Waals surface area (Å²) in [4.78, 5) is 29.9. The summed E-state index contributed by atoms with van der Waals surface area (Å²) in [6, 6.07) is 21.5. The highest BCUT2D eigenvalue weighted by Gasteiger charge is 2.17.